The van der Waals surface area contributed by atoms with Gasteiger partial charge >= 0.3 is 5.97 Å². The van der Waals surface area contributed by atoms with Gasteiger partial charge in [0.25, 0.3) is 0 Å². The van der Waals surface area contributed by atoms with Gasteiger partial charge in [-0.1, -0.05) is 0 Å². The van der Waals surface area contributed by atoms with Gasteiger partial charge in [0.05, 0.1) is 0 Å². The van der Waals surface area contributed by atoms with E-state index in [4.69, 9.17) is 9.57 Å². The Labute approximate surface area is 118 Å². The predicted molar refractivity (Wildman–Crippen MR) is 67.6 cm³/mol. The van der Waals surface area contributed by atoms with Crippen molar-refractivity contribution in [3.63, 3.8) is 0 Å². The molecule has 1 aliphatic heterocycles. The topological polar surface area (TPSA) is 91.2 Å². The molecule has 0 amide bonds. The van der Waals surface area contributed by atoms with Crippen molar-refractivity contribution in [3.05, 3.63) is 16.5 Å². The van der Waals surface area contributed by atoms with E-state index in [2.05, 4.69) is 36.8 Å². The van der Waals surface area contributed by atoms with Crippen LogP contribution in [0.3, 0.4) is 0 Å². The fraction of sp³-hybridized carbons (Fsp3) is 0.600. The molecule has 0 aromatic carbocycles. The number of rotatable bonds is 3. The first-order valence-corrected chi connectivity index (χ1v) is 6.41. The van der Waals surface area contributed by atoms with Gasteiger partial charge in [0.2, 0.25) is 5.82 Å². The summed E-state index contributed by atoms with van der Waals surface area (Å²) in [6, 6.07) is 0. The average Bonchev–Trinajstić information content (AvgIpc) is 2.83. The van der Waals surface area contributed by atoms with E-state index in [1.165, 1.54) is 4.80 Å². The number of hydrogen-bond donors (Lipinski definition) is 1. The van der Waals surface area contributed by atoms with Crippen LogP contribution in [0, 0.1) is 0 Å². The molecule has 0 saturated carbocycles. The molecule has 2 rings (SSSR count). The van der Waals surface area contributed by atoms with Crippen molar-refractivity contribution in [3.8, 4) is 0 Å². The predicted octanol–water partition coefficient (Wildman–Crippen LogP) is 0.827. The maximum atomic E-state index is 11.6. The standard InChI is InChI=1S/C10H14BrN5O3/c1-10(2,3)18-8(17)5-16-13-9(12-15-16)6-4-7(11)14-19-6/h4,6,14H,5H2,1-3H3. The van der Waals surface area contributed by atoms with Gasteiger partial charge in [-0.2, -0.15) is 4.80 Å². The number of ether oxygens (including phenoxy) is 1. The molecule has 1 aromatic rings. The minimum atomic E-state index is -0.535. The van der Waals surface area contributed by atoms with Crippen molar-refractivity contribution in [1.82, 2.24) is 25.7 Å². The highest BCUT2D eigenvalue weighted by Crippen LogP contribution is 2.22. The minimum Gasteiger partial charge on any atom is -0.459 e. The molecular weight excluding hydrogens is 318 g/mol. The highest BCUT2D eigenvalue weighted by atomic mass is 79.9. The molecular formula is C10H14BrN5O3. The maximum absolute atomic E-state index is 11.6. The summed E-state index contributed by atoms with van der Waals surface area (Å²) in [5, 5.41) is 11.7. The molecule has 1 atom stereocenters. The first-order chi connectivity index (χ1) is 8.83. The lowest BCUT2D eigenvalue weighted by atomic mass is 10.2. The summed E-state index contributed by atoms with van der Waals surface area (Å²) in [4.78, 5) is 17.9. The highest BCUT2D eigenvalue weighted by Gasteiger charge is 2.23. The Morgan fingerprint density at radius 2 is 2.37 bits per heavy atom. The molecule has 1 aromatic heterocycles. The second kappa shape index (κ2) is 5.25. The molecule has 8 nitrogen and oxygen atoms in total. The van der Waals surface area contributed by atoms with Gasteiger partial charge in [-0.05, 0) is 48.0 Å². The SMILES string of the molecule is CC(C)(C)OC(=O)Cn1nnc(C2C=C(Br)NO2)n1. The smallest absolute Gasteiger partial charge is 0.330 e. The van der Waals surface area contributed by atoms with Crippen LogP contribution in [0.15, 0.2) is 10.7 Å². The highest BCUT2D eigenvalue weighted by molar-refractivity contribution is 9.11. The number of aromatic nitrogens is 4. The van der Waals surface area contributed by atoms with Crippen molar-refractivity contribution < 1.29 is 14.4 Å². The van der Waals surface area contributed by atoms with E-state index < -0.39 is 17.7 Å². The first-order valence-electron chi connectivity index (χ1n) is 5.62. The fourth-order valence-corrected chi connectivity index (χ4v) is 1.71. The molecule has 0 radical (unpaired) electrons. The van der Waals surface area contributed by atoms with Crippen molar-refractivity contribution in [2.75, 3.05) is 0 Å². The normalized spacial score (nSPS) is 18.9. The number of nitrogens with zero attached hydrogens (tertiary/aromatic N) is 4. The number of tetrazole rings is 1. The molecule has 1 N–H and O–H groups in total. The van der Waals surface area contributed by atoms with E-state index in [1.807, 2.05) is 0 Å². The number of carbonyl (C=O) groups is 1. The molecule has 1 aliphatic rings. The minimum absolute atomic E-state index is 0.0880. The zero-order valence-electron chi connectivity index (χ0n) is 10.8. The van der Waals surface area contributed by atoms with Crippen LogP contribution in [0.4, 0.5) is 0 Å². The van der Waals surface area contributed by atoms with Gasteiger partial charge in [-0.15, -0.1) is 10.2 Å². The summed E-state index contributed by atoms with van der Waals surface area (Å²) in [5.74, 6) is -0.0517. The van der Waals surface area contributed by atoms with E-state index in [-0.39, 0.29) is 6.54 Å². The Morgan fingerprint density at radius 3 is 2.95 bits per heavy atom. The van der Waals surface area contributed by atoms with Gasteiger partial charge in [0, 0.05) is 0 Å². The van der Waals surface area contributed by atoms with Crippen molar-refractivity contribution in [2.24, 2.45) is 0 Å². The van der Waals surface area contributed by atoms with Gasteiger partial charge in [0.15, 0.2) is 12.6 Å². The number of esters is 1. The van der Waals surface area contributed by atoms with E-state index in [9.17, 15) is 4.79 Å². The quantitative estimate of drug-likeness (QED) is 0.647. The third-order valence-corrected chi connectivity index (χ3v) is 2.42. The van der Waals surface area contributed by atoms with E-state index >= 15 is 0 Å². The van der Waals surface area contributed by atoms with Crippen molar-refractivity contribution in [2.45, 2.75) is 39.0 Å². The Balaban J connectivity index is 1.96. The third-order valence-electron chi connectivity index (χ3n) is 1.99. The number of hydroxylamine groups is 1. The molecule has 9 heteroatoms. The summed E-state index contributed by atoms with van der Waals surface area (Å²) in [5.41, 5.74) is 2.08. The third kappa shape index (κ3) is 4.00. The molecule has 0 spiro atoms. The fourth-order valence-electron chi connectivity index (χ4n) is 1.37. The van der Waals surface area contributed by atoms with Crippen LogP contribution in [-0.4, -0.2) is 31.8 Å². The van der Waals surface area contributed by atoms with Crippen molar-refractivity contribution in [1.29, 1.82) is 0 Å². The Kier molecular flexibility index (Phi) is 3.85. The molecule has 19 heavy (non-hydrogen) atoms. The van der Waals surface area contributed by atoms with Crippen molar-refractivity contribution >= 4 is 21.9 Å². The zero-order chi connectivity index (χ0) is 14.0. The number of carbonyl (C=O) groups excluding carboxylic acids is 1. The Bertz CT molecular complexity index is 508. The van der Waals surface area contributed by atoms with Gasteiger partial charge in [-0.25, -0.2) is 4.79 Å². The lowest BCUT2D eigenvalue weighted by molar-refractivity contribution is -0.156. The molecule has 0 fully saturated rings. The van der Waals surface area contributed by atoms with Crippen LogP contribution in [-0.2, 0) is 20.9 Å². The number of nitrogens with one attached hydrogen (secondary N) is 1. The molecule has 0 bridgehead atoms. The first kappa shape index (κ1) is 13.9. The van der Waals surface area contributed by atoms with Gasteiger partial charge < -0.3 is 4.74 Å². The van der Waals surface area contributed by atoms with Crippen LogP contribution >= 0.6 is 15.9 Å². The van der Waals surface area contributed by atoms with Crippen LogP contribution in [0.1, 0.15) is 32.7 Å². The molecule has 1 unspecified atom stereocenters. The van der Waals surface area contributed by atoms with Crippen LogP contribution in [0.25, 0.3) is 0 Å². The molecule has 104 valence electrons. The lowest BCUT2D eigenvalue weighted by Gasteiger charge is -2.18. The summed E-state index contributed by atoms with van der Waals surface area (Å²) in [6.45, 7) is 5.30. The maximum Gasteiger partial charge on any atom is 0.330 e. The summed E-state index contributed by atoms with van der Waals surface area (Å²) < 4.78 is 5.86. The average molecular weight is 332 g/mol. The second-order valence-electron chi connectivity index (χ2n) is 4.92. The Hall–Kier alpha value is -1.48. The number of halogens is 1. The van der Waals surface area contributed by atoms with Crippen LogP contribution < -0.4 is 5.48 Å². The largest absolute Gasteiger partial charge is 0.459 e. The zero-order valence-corrected chi connectivity index (χ0v) is 12.3. The van der Waals surface area contributed by atoms with E-state index in [0.717, 1.165) is 0 Å². The van der Waals surface area contributed by atoms with Gasteiger partial charge in [-0.3, -0.25) is 10.3 Å². The lowest BCUT2D eigenvalue weighted by Crippen LogP contribution is -2.27. The van der Waals surface area contributed by atoms with E-state index in [1.54, 1.807) is 26.8 Å². The molecule has 0 aliphatic carbocycles. The molecule has 2 heterocycles. The van der Waals surface area contributed by atoms with Crippen LogP contribution in [0.2, 0.25) is 0 Å². The summed E-state index contributed by atoms with van der Waals surface area (Å²) in [7, 11) is 0. The molecule has 0 saturated heterocycles. The Morgan fingerprint density at radius 1 is 1.63 bits per heavy atom. The van der Waals surface area contributed by atoms with Crippen LogP contribution in [0.5, 0.6) is 0 Å². The summed E-state index contributed by atoms with van der Waals surface area (Å²) in [6.07, 6.45) is 1.32. The summed E-state index contributed by atoms with van der Waals surface area (Å²) >= 11 is 3.22. The monoisotopic (exact) mass is 331 g/mol. The van der Waals surface area contributed by atoms with E-state index in [0.29, 0.717) is 10.4 Å². The second-order valence-corrected chi connectivity index (χ2v) is 5.77. The number of hydrogen-bond acceptors (Lipinski definition) is 7. The van der Waals surface area contributed by atoms with Gasteiger partial charge in [0.1, 0.15) is 10.2 Å².